The van der Waals surface area contributed by atoms with Gasteiger partial charge >= 0.3 is 5.97 Å². The van der Waals surface area contributed by atoms with E-state index in [2.05, 4.69) is 15.4 Å². The van der Waals surface area contributed by atoms with Gasteiger partial charge in [-0.25, -0.2) is 0 Å². The quantitative estimate of drug-likeness (QED) is 0.787. The highest BCUT2D eigenvalue weighted by molar-refractivity contribution is 5.92. The van der Waals surface area contributed by atoms with Gasteiger partial charge < -0.3 is 10.0 Å². The highest BCUT2D eigenvalue weighted by Crippen LogP contribution is 2.21. The molecule has 1 aliphatic heterocycles. The predicted octanol–water partition coefficient (Wildman–Crippen LogP) is 0.274. The Morgan fingerprint density at radius 1 is 1.53 bits per heavy atom. The number of aliphatic carboxylic acids is 1. The van der Waals surface area contributed by atoms with Crippen LogP contribution in [0.1, 0.15) is 36.2 Å². The number of aromatic amines is 1. The van der Waals surface area contributed by atoms with Crippen LogP contribution in [0.25, 0.3) is 0 Å². The predicted molar refractivity (Wildman–Crippen MR) is 57.3 cm³/mol. The van der Waals surface area contributed by atoms with E-state index in [4.69, 9.17) is 5.11 Å². The molecule has 92 valence electrons. The molecule has 2 heterocycles. The molecule has 0 spiro atoms. The summed E-state index contributed by atoms with van der Waals surface area (Å²) >= 11 is 0. The van der Waals surface area contributed by atoms with Gasteiger partial charge in [0.25, 0.3) is 5.91 Å². The molecule has 17 heavy (non-hydrogen) atoms. The molecule has 1 fully saturated rings. The minimum Gasteiger partial charge on any atom is -0.481 e. The van der Waals surface area contributed by atoms with Crippen molar-refractivity contribution in [2.45, 2.75) is 31.7 Å². The standard InChI is InChI=1S/C10H14N4O3/c15-9(16)5-7-3-1-2-4-14(7)10(17)8-6-11-13-12-8/h6-7H,1-5H2,(H,15,16)(H,11,12,13). The second-order valence-electron chi connectivity index (χ2n) is 4.10. The Morgan fingerprint density at radius 2 is 2.35 bits per heavy atom. The average molecular weight is 238 g/mol. The van der Waals surface area contributed by atoms with E-state index in [1.54, 1.807) is 4.90 Å². The monoisotopic (exact) mass is 238 g/mol. The first kappa shape index (κ1) is 11.6. The van der Waals surface area contributed by atoms with Crippen LogP contribution in [0, 0.1) is 0 Å². The number of hydrogen-bond acceptors (Lipinski definition) is 4. The molecule has 2 N–H and O–H groups in total. The van der Waals surface area contributed by atoms with Crippen molar-refractivity contribution in [1.29, 1.82) is 0 Å². The fourth-order valence-electron chi connectivity index (χ4n) is 2.13. The third-order valence-corrected chi connectivity index (χ3v) is 2.93. The number of nitrogens with one attached hydrogen (secondary N) is 1. The van der Waals surface area contributed by atoms with Crippen molar-refractivity contribution >= 4 is 11.9 Å². The fourth-order valence-corrected chi connectivity index (χ4v) is 2.13. The number of carboxylic acids is 1. The Kier molecular flexibility index (Phi) is 3.36. The van der Waals surface area contributed by atoms with E-state index in [9.17, 15) is 9.59 Å². The van der Waals surface area contributed by atoms with E-state index in [1.807, 2.05) is 0 Å². The van der Waals surface area contributed by atoms with Crippen LogP contribution in [0.3, 0.4) is 0 Å². The second kappa shape index (κ2) is 4.94. The molecular weight excluding hydrogens is 224 g/mol. The number of amides is 1. The molecule has 0 bridgehead atoms. The molecule has 1 aliphatic rings. The molecule has 0 saturated carbocycles. The van der Waals surface area contributed by atoms with Gasteiger partial charge in [0.1, 0.15) is 0 Å². The lowest BCUT2D eigenvalue weighted by Crippen LogP contribution is -2.44. The van der Waals surface area contributed by atoms with E-state index >= 15 is 0 Å². The lowest BCUT2D eigenvalue weighted by Gasteiger charge is -2.34. The maximum atomic E-state index is 12.1. The molecule has 0 radical (unpaired) electrons. The lowest BCUT2D eigenvalue weighted by atomic mass is 9.99. The van der Waals surface area contributed by atoms with E-state index in [0.29, 0.717) is 6.54 Å². The summed E-state index contributed by atoms with van der Waals surface area (Å²) in [6, 6.07) is -0.231. The number of likely N-dealkylation sites (tertiary alicyclic amines) is 1. The van der Waals surface area contributed by atoms with Crippen molar-refractivity contribution in [2.24, 2.45) is 0 Å². The normalized spacial score (nSPS) is 20.2. The van der Waals surface area contributed by atoms with E-state index < -0.39 is 5.97 Å². The molecule has 1 atom stereocenters. The number of carbonyl (C=O) groups is 2. The molecule has 1 aromatic rings. The van der Waals surface area contributed by atoms with Crippen molar-refractivity contribution in [3.05, 3.63) is 11.9 Å². The molecule has 0 aliphatic carbocycles. The summed E-state index contributed by atoms with van der Waals surface area (Å²) in [4.78, 5) is 24.4. The van der Waals surface area contributed by atoms with Gasteiger partial charge in [-0.1, -0.05) is 0 Å². The molecule has 1 unspecified atom stereocenters. The number of hydrogen-bond donors (Lipinski definition) is 2. The van der Waals surface area contributed by atoms with E-state index in [-0.39, 0.29) is 24.1 Å². The summed E-state index contributed by atoms with van der Waals surface area (Å²) in [5.74, 6) is -1.13. The van der Waals surface area contributed by atoms with Gasteiger partial charge in [0.15, 0.2) is 5.69 Å². The third kappa shape index (κ3) is 2.61. The van der Waals surface area contributed by atoms with Crippen LogP contribution in [0.2, 0.25) is 0 Å². The molecular formula is C10H14N4O3. The van der Waals surface area contributed by atoms with Crippen molar-refractivity contribution in [3.8, 4) is 0 Å². The molecule has 0 aromatic carbocycles. The Bertz CT molecular complexity index is 404. The number of aromatic nitrogens is 3. The molecule has 1 aromatic heterocycles. The summed E-state index contributed by atoms with van der Waals surface area (Å²) in [6.45, 7) is 0.587. The number of nitrogens with zero attached hydrogens (tertiary/aromatic N) is 3. The number of H-pyrrole nitrogens is 1. The second-order valence-corrected chi connectivity index (χ2v) is 4.10. The van der Waals surface area contributed by atoms with Crippen molar-refractivity contribution in [3.63, 3.8) is 0 Å². The van der Waals surface area contributed by atoms with Crippen molar-refractivity contribution in [1.82, 2.24) is 20.3 Å². The maximum absolute atomic E-state index is 12.1. The zero-order chi connectivity index (χ0) is 12.3. The van der Waals surface area contributed by atoms with Gasteiger partial charge in [-0.3, -0.25) is 9.59 Å². The molecule has 1 saturated heterocycles. The minimum atomic E-state index is -0.880. The van der Waals surface area contributed by atoms with Crippen LogP contribution in [-0.2, 0) is 4.79 Å². The van der Waals surface area contributed by atoms with Gasteiger partial charge in [-0.2, -0.15) is 15.4 Å². The van der Waals surface area contributed by atoms with Gasteiger partial charge in [0, 0.05) is 12.6 Å². The first-order valence-corrected chi connectivity index (χ1v) is 5.57. The lowest BCUT2D eigenvalue weighted by molar-refractivity contribution is -0.138. The van der Waals surface area contributed by atoms with Gasteiger partial charge in [-0.15, -0.1) is 0 Å². The topological polar surface area (TPSA) is 99.2 Å². The van der Waals surface area contributed by atoms with Crippen LogP contribution in [0.15, 0.2) is 6.20 Å². The summed E-state index contributed by atoms with van der Waals surface area (Å²) in [5, 5.41) is 18.5. The fraction of sp³-hybridized carbons (Fsp3) is 0.600. The van der Waals surface area contributed by atoms with Crippen LogP contribution < -0.4 is 0 Å². The zero-order valence-corrected chi connectivity index (χ0v) is 9.30. The highest BCUT2D eigenvalue weighted by Gasteiger charge is 2.30. The Labute approximate surface area is 97.8 Å². The Morgan fingerprint density at radius 3 is 3.00 bits per heavy atom. The zero-order valence-electron chi connectivity index (χ0n) is 9.30. The molecule has 2 rings (SSSR count). The van der Waals surface area contributed by atoms with Gasteiger partial charge in [0.05, 0.1) is 12.6 Å². The summed E-state index contributed by atoms with van der Waals surface area (Å²) in [6.07, 6.45) is 3.94. The van der Waals surface area contributed by atoms with Gasteiger partial charge in [0.2, 0.25) is 0 Å². The summed E-state index contributed by atoms with van der Waals surface area (Å²) in [5.41, 5.74) is 0.238. The van der Waals surface area contributed by atoms with Crippen molar-refractivity contribution < 1.29 is 14.7 Å². The largest absolute Gasteiger partial charge is 0.481 e. The van der Waals surface area contributed by atoms with Crippen LogP contribution in [-0.4, -0.2) is 49.9 Å². The third-order valence-electron chi connectivity index (χ3n) is 2.93. The van der Waals surface area contributed by atoms with Crippen LogP contribution >= 0.6 is 0 Å². The number of carbonyl (C=O) groups excluding carboxylic acids is 1. The SMILES string of the molecule is O=C(O)CC1CCCCN1C(=O)c1cn[nH]n1. The van der Waals surface area contributed by atoms with Gasteiger partial charge in [-0.05, 0) is 19.3 Å². The number of rotatable bonds is 3. The minimum absolute atomic E-state index is 0.0103. The highest BCUT2D eigenvalue weighted by atomic mass is 16.4. The molecule has 1 amide bonds. The average Bonchev–Trinajstić information content (AvgIpc) is 2.81. The van der Waals surface area contributed by atoms with Crippen LogP contribution in [0.5, 0.6) is 0 Å². The Balaban J connectivity index is 2.10. The first-order chi connectivity index (χ1) is 8.18. The first-order valence-electron chi connectivity index (χ1n) is 5.57. The summed E-state index contributed by atoms with van der Waals surface area (Å²) < 4.78 is 0. The van der Waals surface area contributed by atoms with E-state index in [0.717, 1.165) is 19.3 Å². The molecule has 7 nitrogen and oxygen atoms in total. The number of piperidine rings is 1. The smallest absolute Gasteiger partial charge is 0.305 e. The number of carboxylic acid groups (broad SMARTS) is 1. The maximum Gasteiger partial charge on any atom is 0.305 e. The van der Waals surface area contributed by atoms with E-state index in [1.165, 1.54) is 6.20 Å². The van der Waals surface area contributed by atoms with Crippen LogP contribution in [0.4, 0.5) is 0 Å². The molecule has 7 heteroatoms. The summed E-state index contributed by atoms with van der Waals surface area (Å²) in [7, 11) is 0. The Hall–Kier alpha value is -1.92. The van der Waals surface area contributed by atoms with Crippen molar-refractivity contribution in [2.75, 3.05) is 6.54 Å².